The Labute approximate surface area is 146 Å². The van der Waals surface area contributed by atoms with E-state index in [9.17, 15) is 4.79 Å². The zero-order valence-electron chi connectivity index (χ0n) is 13.9. The third kappa shape index (κ3) is 3.77. The smallest absolute Gasteiger partial charge is 0.219 e. The molecular weight excluding hydrogens is 318 g/mol. The van der Waals surface area contributed by atoms with Gasteiger partial charge in [0.25, 0.3) is 0 Å². The van der Waals surface area contributed by atoms with E-state index in [1.807, 2.05) is 37.4 Å². The summed E-state index contributed by atoms with van der Waals surface area (Å²) in [4.78, 5) is 14.4. The SMILES string of the molecule is CC(=O)N(C)CC[C@H](Oc1cccc2ccccc12)c1cccs1. The average Bonchev–Trinajstić information content (AvgIpc) is 3.12. The van der Waals surface area contributed by atoms with Crippen LogP contribution < -0.4 is 4.74 Å². The molecular formula is C20H21NO2S. The van der Waals surface area contributed by atoms with E-state index < -0.39 is 0 Å². The molecule has 0 saturated heterocycles. The van der Waals surface area contributed by atoms with Gasteiger partial charge in [0.2, 0.25) is 5.91 Å². The monoisotopic (exact) mass is 339 g/mol. The lowest BCUT2D eigenvalue weighted by molar-refractivity contribution is -0.127. The zero-order chi connectivity index (χ0) is 16.9. The van der Waals surface area contributed by atoms with Gasteiger partial charge in [0.1, 0.15) is 11.9 Å². The Morgan fingerprint density at radius 1 is 1.12 bits per heavy atom. The number of hydrogen-bond donors (Lipinski definition) is 0. The average molecular weight is 339 g/mol. The van der Waals surface area contributed by atoms with Crippen molar-refractivity contribution in [3.63, 3.8) is 0 Å². The van der Waals surface area contributed by atoms with Gasteiger partial charge in [-0.2, -0.15) is 0 Å². The molecule has 0 N–H and O–H groups in total. The molecule has 0 fully saturated rings. The van der Waals surface area contributed by atoms with Crippen molar-refractivity contribution in [1.29, 1.82) is 0 Å². The van der Waals surface area contributed by atoms with Gasteiger partial charge in [0.05, 0.1) is 0 Å². The molecule has 0 aliphatic heterocycles. The highest BCUT2D eigenvalue weighted by atomic mass is 32.1. The molecule has 3 aromatic rings. The number of carbonyl (C=O) groups is 1. The number of rotatable bonds is 6. The minimum absolute atomic E-state index is 0.0578. The first-order valence-corrected chi connectivity index (χ1v) is 8.92. The highest BCUT2D eigenvalue weighted by molar-refractivity contribution is 7.10. The Balaban J connectivity index is 1.84. The fourth-order valence-electron chi connectivity index (χ4n) is 2.65. The molecule has 0 aliphatic carbocycles. The summed E-state index contributed by atoms with van der Waals surface area (Å²) < 4.78 is 6.37. The highest BCUT2D eigenvalue weighted by Crippen LogP contribution is 2.32. The van der Waals surface area contributed by atoms with Crippen molar-refractivity contribution in [2.24, 2.45) is 0 Å². The van der Waals surface area contributed by atoms with E-state index in [0.717, 1.165) is 17.6 Å². The molecule has 1 atom stereocenters. The Kier molecular flexibility index (Phi) is 5.16. The minimum atomic E-state index is -0.0578. The van der Waals surface area contributed by atoms with E-state index in [0.29, 0.717) is 6.54 Å². The Morgan fingerprint density at radius 3 is 2.67 bits per heavy atom. The molecule has 4 heteroatoms. The van der Waals surface area contributed by atoms with Crippen LogP contribution in [0.2, 0.25) is 0 Å². The number of ether oxygens (including phenoxy) is 1. The number of nitrogens with zero attached hydrogens (tertiary/aromatic N) is 1. The van der Waals surface area contributed by atoms with E-state index in [1.165, 1.54) is 10.3 Å². The first-order chi connectivity index (χ1) is 11.6. The fraction of sp³-hybridized carbons (Fsp3) is 0.250. The van der Waals surface area contributed by atoms with Crippen molar-refractivity contribution in [2.45, 2.75) is 19.4 Å². The van der Waals surface area contributed by atoms with Crippen LogP contribution in [0.5, 0.6) is 5.75 Å². The minimum Gasteiger partial charge on any atom is -0.484 e. The van der Waals surface area contributed by atoms with Crippen molar-refractivity contribution < 1.29 is 9.53 Å². The number of amides is 1. The third-order valence-corrected chi connectivity index (χ3v) is 5.11. The summed E-state index contributed by atoms with van der Waals surface area (Å²) in [5.74, 6) is 0.960. The molecule has 124 valence electrons. The van der Waals surface area contributed by atoms with Crippen molar-refractivity contribution in [3.05, 3.63) is 64.9 Å². The van der Waals surface area contributed by atoms with E-state index in [2.05, 4.69) is 29.6 Å². The van der Waals surface area contributed by atoms with E-state index >= 15 is 0 Å². The van der Waals surface area contributed by atoms with Crippen LogP contribution in [0.1, 0.15) is 24.3 Å². The summed E-state index contributed by atoms with van der Waals surface area (Å²) in [6, 6.07) is 18.5. The standard InChI is InChI=1S/C20H21NO2S/c1-15(22)21(2)13-12-19(20-11-6-14-24-20)23-18-10-5-8-16-7-3-4-9-17(16)18/h3-11,14,19H,12-13H2,1-2H3/t19-/m0/s1. The molecule has 0 saturated carbocycles. The maximum absolute atomic E-state index is 11.5. The molecule has 1 aromatic heterocycles. The summed E-state index contributed by atoms with van der Waals surface area (Å²) in [5, 5.41) is 4.34. The fourth-order valence-corrected chi connectivity index (χ4v) is 3.44. The topological polar surface area (TPSA) is 29.5 Å². The van der Waals surface area contributed by atoms with Crippen molar-refractivity contribution >= 4 is 28.0 Å². The summed E-state index contributed by atoms with van der Waals surface area (Å²) >= 11 is 1.69. The lowest BCUT2D eigenvalue weighted by Crippen LogP contribution is -2.26. The molecule has 24 heavy (non-hydrogen) atoms. The van der Waals surface area contributed by atoms with Crippen LogP contribution in [-0.2, 0) is 4.79 Å². The van der Waals surface area contributed by atoms with Gasteiger partial charge in [-0.3, -0.25) is 4.79 Å². The number of hydrogen-bond acceptors (Lipinski definition) is 3. The molecule has 0 bridgehead atoms. The van der Waals surface area contributed by atoms with Gasteiger partial charge in [0, 0.05) is 37.2 Å². The molecule has 3 rings (SSSR count). The van der Waals surface area contributed by atoms with Gasteiger partial charge >= 0.3 is 0 Å². The van der Waals surface area contributed by atoms with Crippen LogP contribution in [0, 0.1) is 0 Å². The maximum Gasteiger partial charge on any atom is 0.219 e. The maximum atomic E-state index is 11.5. The molecule has 0 radical (unpaired) electrons. The summed E-state index contributed by atoms with van der Waals surface area (Å²) in [6.45, 7) is 2.26. The Hall–Kier alpha value is -2.33. The molecule has 3 nitrogen and oxygen atoms in total. The normalized spacial score (nSPS) is 12.1. The van der Waals surface area contributed by atoms with Gasteiger partial charge < -0.3 is 9.64 Å². The molecule has 1 heterocycles. The number of thiophene rings is 1. The largest absolute Gasteiger partial charge is 0.484 e. The lowest BCUT2D eigenvalue weighted by Gasteiger charge is -2.22. The number of benzene rings is 2. The van der Waals surface area contributed by atoms with Crippen LogP contribution in [-0.4, -0.2) is 24.4 Å². The van der Waals surface area contributed by atoms with Crippen molar-refractivity contribution in [1.82, 2.24) is 4.90 Å². The second kappa shape index (κ2) is 7.49. The number of fused-ring (bicyclic) bond motifs is 1. The van der Waals surface area contributed by atoms with Gasteiger partial charge in [-0.1, -0.05) is 42.5 Å². The van der Waals surface area contributed by atoms with Crippen molar-refractivity contribution in [2.75, 3.05) is 13.6 Å². The van der Waals surface area contributed by atoms with Crippen LogP contribution in [0.25, 0.3) is 10.8 Å². The molecule has 1 amide bonds. The Morgan fingerprint density at radius 2 is 1.92 bits per heavy atom. The van der Waals surface area contributed by atoms with Gasteiger partial charge in [0.15, 0.2) is 0 Å². The molecule has 0 unspecified atom stereocenters. The van der Waals surface area contributed by atoms with E-state index in [4.69, 9.17) is 4.74 Å². The van der Waals surface area contributed by atoms with E-state index in [-0.39, 0.29) is 12.0 Å². The van der Waals surface area contributed by atoms with Crippen LogP contribution in [0.3, 0.4) is 0 Å². The predicted molar refractivity (Wildman–Crippen MR) is 99.6 cm³/mol. The first-order valence-electron chi connectivity index (χ1n) is 8.04. The van der Waals surface area contributed by atoms with Gasteiger partial charge in [-0.05, 0) is 22.9 Å². The quantitative estimate of drug-likeness (QED) is 0.640. The first kappa shape index (κ1) is 16.5. The van der Waals surface area contributed by atoms with Gasteiger partial charge in [-0.15, -0.1) is 11.3 Å². The summed E-state index contributed by atoms with van der Waals surface area (Å²) in [7, 11) is 1.83. The van der Waals surface area contributed by atoms with Gasteiger partial charge in [-0.25, -0.2) is 0 Å². The summed E-state index contributed by atoms with van der Waals surface area (Å²) in [5.41, 5.74) is 0. The molecule has 0 spiro atoms. The predicted octanol–water partition coefficient (Wildman–Crippen LogP) is 4.89. The number of carbonyl (C=O) groups excluding carboxylic acids is 1. The second-order valence-electron chi connectivity index (χ2n) is 5.83. The Bertz CT molecular complexity index is 808. The third-order valence-electron chi connectivity index (χ3n) is 4.14. The van der Waals surface area contributed by atoms with Crippen LogP contribution in [0.4, 0.5) is 0 Å². The van der Waals surface area contributed by atoms with Crippen molar-refractivity contribution in [3.8, 4) is 5.75 Å². The molecule has 2 aromatic carbocycles. The highest BCUT2D eigenvalue weighted by Gasteiger charge is 2.17. The van der Waals surface area contributed by atoms with E-state index in [1.54, 1.807) is 23.2 Å². The zero-order valence-corrected chi connectivity index (χ0v) is 14.8. The second-order valence-corrected chi connectivity index (χ2v) is 6.81. The van der Waals surface area contributed by atoms with Crippen LogP contribution >= 0.6 is 11.3 Å². The molecule has 0 aliphatic rings. The summed E-state index contributed by atoms with van der Waals surface area (Å²) in [6.07, 6.45) is 0.706. The lowest BCUT2D eigenvalue weighted by atomic mass is 10.1. The van der Waals surface area contributed by atoms with Crippen LogP contribution in [0.15, 0.2) is 60.0 Å².